The topological polar surface area (TPSA) is 35.5 Å². The van der Waals surface area contributed by atoms with Crippen LogP contribution in [0.1, 0.15) is 33.1 Å². The van der Waals surface area contributed by atoms with Gasteiger partial charge in [-0.3, -0.25) is 4.79 Å². The van der Waals surface area contributed by atoms with E-state index in [0.717, 1.165) is 26.1 Å². The van der Waals surface area contributed by atoms with Gasteiger partial charge in [-0.15, -0.1) is 0 Å². The summed E-state index contributed by atoms with van der Waals surface area (Å²) in [5, 5.41) is 0. The predicted octanol–water partition coefficient (Wildman–Crippen LogP) is 1.80. The molecule has 0 aromatic rings. The van der Waals surface area contributed by atoms with Gasteiger partial charge in [0.25, 0.3) is 0 Å². The van der Waals surface area contributed by atoms with E-state index in [2.05, 4.69) is 0 Å². The van der Waals surface area contributed by atoms with Gasteiger partial charge < -0.3 is 9.47 Å². The lowest BCUT2D eigenvalue weighted by molar-refractivity contribution is -0.138. The van der Waals surface area contributed by atoms with Gasteiger partial charge in [0.2, 0.25) is 0 Å². The number of rotatable bonds is 4. The van der Waals surface area contributed by atoms with Gasteiger partial charge in [0.05, 0.1) is 0 Å². The Bertz CT molecular complexity index is 193. The molecule has 1 aliphatic heterocycles. The molecule has 0 aliphatic carbocycles. The van der Waals surface area contributed by atoms with E-state index in [0.29, 0.717) is 12.3 Å². The smallest absolute Gasteiger partial charge is 0.164 e. The zero-order chi connectivity index (χ0) is 10.6. The highest BCUT2D eigenvalue weighted by molar-refractivity contribution is 5.86. The summed E-state index contributed by atoms with van der Waals surface area (Å²) in [5.41, 5.74) is -0.627. The zero-order valence-electron chi connectivity index (χ0n) is 9.34. The zero-order valence-corrected chi connectivity index (χ0v) is 9.34. The first-order chi connectivity index (χ1) is 6.56. The van der Waals surface area contributed by atoms with Crippen molar-refractivity contribution in [1.82, 2.24) is 0 Å². The van der Waals surface area contributed by atoms with Crippen molar-refractivity contribution < 1.29 is 14.3 Å². The number of hydrogen-bond donors (Lipinski definition) is 0. The van der Waals surface area contributed by atoms with Crippen LogP contribution in [0.15, 0.2) is 0 Å². The molecule has 1 heterocycles. The third kappa shape index (κ3) is 3.07. The van der Waals surface area contributed by atoms with Crippen molar-refractivity contribution in [3.63, 3.8) is 0 Å². The molecule has 0 bridgehead atoms. The second-order valence-corrected chi connectivity index (χ2v) is 4.40. The second kappa shape index (κ2) is 4.89. The average molecular weight is 200 g/mol. The van der Waals surface area contributed by atoms with Crippen LogP contribution in [-0.2, 0) is 14.3 Å². The Kier molecular flexibility index (Phi) is 4.08. The first kappa shape index (κ1) is 11.7. The predicted molar refractivity (Wildman–Crippen MR) is 54.3 cm³/mol. The molecule has 0 spiro atoms. The van der Waals surface area contributed by atoms with Crippen LogP contribution in [0.25, 0.3) is 0 Å². The van der Waals surface area contributed by atoms with Crippen molar-refractivity contribution in [3.8, 4) is 0 Å². The second-order valence-electron chi connectivity index (χ2n) is 4.40. The Balaban J connectivity index is 2.39. The number of carbonyl (C=O) groups excluding carboxylic acids is 1. The molecule has 1 saturated heterocycles. The van der Waals surface area contributed by atoms with E-state index in [-0.39, 0.29) is 5.78 Å². The van der Waals surface area contributed by atoms with Gasteiger partial charge in [-0.1, -0.05) is 0 Å². The molecule has 82 valence electrons. The van der Waals surface area contributed by atoms with Crippen LogP contribution in [0, 0.1) is 5.92 Å². The summed E-state index contributed by atoms with van der Waals surface area (Å²) < 4.78 is 10.4. The van der Waals surface area contributed by atoms with Crippen LogP contribution in [0.2, 0.25) is 0 Å². The van der Waals surface area contributed by atoms with Crippen LogP contribution in [0.4, 0.5) is 0 Å². The summed E-state index contributed by atoms with van der Waals surface area (Å²) in [4.78, 5) is 11.8. The summed E-state index contributed by atoms with van der Waals surface area (Å²) in [7, 11) is 1.59. The number of methoxy groups -OCH3 is 1. The van der Waals surface area contributed by atoms with E-state index in [1.165, 1.54) is 0 Å². The Morgan fingerprint density at radius 2 is 2.00 bits per heavy atom. The lowest BCUT2D eigenvalue weighted by atomic mass is 9.89. The van der Waals surface area contributed by atoms with E-state index in [4.69, 9.17) is 9.47 Å². The molecule has 1 fully saturated rings. The van der Waals surface area contributed by atoms with Gasteiger partial charge in [-0.25, -0.2) is 0 Å². The maximum absolute atomic E-state index is 11.8. The summed E-state index contributed by atoms with van der Waals surface area (Å²) in [6, 6.07) is 0. The summed E-state index contributed by atoms with van der Waals surface area (Å²) in [6.45, 7) is 5.25. The van der Waals surface area contributed by atoms with Crippen LogP contribution in [0.3, 0.4) is 0 Å². The molecule has 3 nitrogen and oxygen atoms in total. The van der Waals surface area contributed by atoms with E-state index >= 15 is 0 Å². The standard InChI is InChI=1S/C11H20O3/c1-11(2,13-3)10(12)8-9-4-6-14-7-5-9/h9H,4-8H2,1-3H3. The average Bonchev–Trinajstić information content (AvgIpc) is 2.19. The third-order valence-corrected chi connectivity index (χ3v) is 3.00. The summed E-state index contributed by atoms with van der Waals surface area (Å²) in [5.74, 6) is 0.692. The van der Waals surface area contributed by atoms with Gasteiger partial charge in [0, 0.05) is 26.7 Å². The van der Waals surface area contributed by atoms with E-state index in [1.807, 2.05) is 13.8 Å². The molecule has 0 aromatic carbocycles. The van der Waals surface area contributed by atoms with Crippen LogP contribution in [-0.4, -0.2) is 31.7 Å². The molecular weight excluding hydrogens is 180 g/mol. The first-order valence-corrected chi connectivity index (χ1v) is 5.22. The van der Waals surface area contributed by atoms with Gasteiger partial charge >= 0.3 is 0 Å². The van der Waals surface area contributed by atoms with Gasteiger partial charge in [-0.2, -0.15) is 0 Å². The van der Waals surface area contributed by atoms with Crippen molar-refractivity contribution in [2.75, 3.05) is 20.3 Å². The van der Waals surface area contributed by atoms with E-state index in [9.17, 15) is 4.79 Å². The van der Waals surface area contributed by atoms with Gasteiger partial charge in [0.1, 0.15) is 5.60 Å². The third-order valence-electron chi connectivity index (χ3n) is 3.00. The molecule has 14 heavy (non-hydrogen) atoms. The molecule has 1 aliphatic rings. The molecule has 0 amide bonds. The van der Waals surface area contributed by atoms with Crippen molar-refractivity contribution in [2.24, 2.45) is 5.92 Å². The molecule has 3 heteroatoms. The van der Waals surface area contributed by atoms with Crippen molar-refractivity contribution in [1.29, 1.82) is 0 Å². The Hall–Kier alpha value is -0.410. The highest BCUT2D eigenvalue weighted by Gasteiger charge is 2.29. The molecule has 0 radical (unpaired) electrons. The maximum atomic E-state index is 11.8. The molecule has 0 N–H and O–H groups in total. The molecule has 0 atom stereocenters. The summed E-state index contributed by atoms with van der Waals surface area (Å²) >= 11 is 0. The minimum atomic E-state index is -0.627. The van der Waals surface area contributed by atoms with Crippen molar-refractivity contribution in [3.05, 3.63) is 0 Å². The molecular formula is C11H20O3. The number of Topliss-reactive ketones (excluding diaryl/α,β-unsaturated/α-hetero) is 1. The van der Waals surface area contributed by atoms with E-state index in [1.54, 1.807) is 7.11 Å². The Labute approximate surface area is 85.8 Å². The first-order valence-electron chi connectivity index (χ1n) is 5.22. The lowest BCUT2D eigenvalue weighted by Gasteiger charge is -2.26. The van der Waals surface area contributed by atoms with Crippen LogP contribution < -0.4 is 0 Å². The van der Waals surface area contributed by atoms with Gasteiger partial charge in [0.15, 0.2) is 5.78 Å². The minimum absolute atomic E-state index is 0.201. The monoisotopic (exact) mass is 200 g/mol. The fourth-order valence-corrected chi connectivity index (χ4v) is 1.57. The van der Waals surface area contributed by atoms with Crippen LogP contribution in [0.5, 0.6) is 0 Å². The fourth-order valence-electron chi connectivity index (χ4n) is 1.57. The number of carbonyl (C=O) groups is 1. The molecule has 0 aromatic heterocycles. The Morgan fingerprint density at radius 3 is 2.50 bits per heavy atom. The minimum Gasteiger partial charge on any atom is -0.381 e. The maximum Gasteiger partial charge on any atom is 0.164 e. The number of ether oxygens (including phenoxy) is 2. The SMILES string of the molecule is COC(C)(C)C(=O)CC1CCOCC1. The molecule has 0 unspecified atom stereocenters. The number of ketones is 1. The quantitative estimate of drug-likeness (QED) is 0.694. The van der Waals surface area contributed by atoms with Crippen molar-refractivity contribution in [2.45, 2.75) is 38.7 Å². The molecule has 1 rings (SSSR count). The van der Waals surface area contributed by atoms with E-state index < -0.39 is 5.60 Å². The fraction of sp³-hybridized carbons (Fsp3) is 0.909. The normalized spacial score (nSPS) is 19.6. The number of hydrogen-bond acceptors (Lipinski definition) is 3. The Morgan fingerprint density at radius 1 is 1.43 bits per heavy atom. The lowest BCUT2D eigenvalue weighted by Crippen LogP contribution is -2.35. The highest BCUT2D eigenvalue weighted by atomic mass is 16.5. The van der Waals surface area contributed by atoms with Crippen LogP contribution >= 0.6 is 0 Å². The largest absolute Gasteiger partial charge is 0.381 e. The van der Waals surface area contributed by atoms with Gasteiger partial charge in [-0.05, 0) is 32.6 Å². The van der Waals surface area contributed by atoms with Crippen molar-refractivity contribution >= 4 is 5.78 Å². The molecule has 0 saturated carbocycles. The highest BCUT2D eigenvalue weighted by Crippen LogP contribution is 2.22. The summed E-state index contributed by atoms with van der Waals surface area (Å²) in [6.07, 6.45) is 2.64.